The Morgan fingerprint density at radius 1 is 1.13 bits per heavy atom. The monoisotopic (exact) mass is 445 g/mol. The summed E-state index contributed by atoms with van der Waals surface area (Å²) in [6, 6.07) is 12.0. The Kier molecular flexibility index (Phi) is 5.61. The predicted molar refractivity (Wildman–Crippen MR) is 118 cm³/mol. The Bertz CT molecular complexity index is 1200. The van der Waals surface area contributed by atoms with Gasteiger partial charge in [-0.1, -0.05) is 25.4 Å². The van der Waals surface area contributed by atoms with E-state index in [2.05, 4.69) is 4.98 Å². The molecule has 158 valence electrons. The lowest BCUT2D eigenvalue weighted by Gasteiger charge is -2.27. The minimum Gasteiger partial charge on any atom is -0.358 e. The first kappa shape index (κ1) is 20.9. The van der Waals surface area contributed by atoms with Crippen LogP contribution in [0.3, 0.4) is 0 Å². The van der Waals surface area contributed by atoms with Crippen molar-refractivity contribution in [3.05, 3.63) is 64.3 Å². The molecule has 1 amide bonds. The molecule has 0 unspecified atom stereocenters. The van der Waals surface area contributed by atoms with Gasteiger partial charge in [0, 0.05) is 65.3 Å². The second-order valence-electron chi connectivity index (χ2n) is 7.36. The summed E-state index contributed by atoms with van der Waals surface area (Å²) in [5.74, 6) is -0.108. The zero-order chi connectivity index (χ0) is 21.5. The molecular weight excluding hydrogens is 422 g/mol. The van der Waals surface area contributed by atoms with Gasteiger partial charge in [-0.2, -0.15) is 4.31 Å². The number of nitrogens with zero attached hydrogens (tertiary/aromatic N) is 2. The first-order valence-corrected chi connectivity index (χ1v) is 11.9. The minimum absolute atomic E-state index is 0.108. The maximum atomic E-state index is 13.1. The van der Waals surface area contributed by atoms with Crippen LogP contribution in [0, 0.1) is 0 Å². The fourth-order valence-corrected chi connectivity index (χ4v) is 5.65. The second kappa shape index (κ2) is 8.06. The quantitative estimate of drug-likeness (QED) is 0.643. The van der Waals surface area contributed by atoms with Gasteiger partial charge in [-0.3, -0.25) is 4.79 Å². The molecule has 0 spiro atoms. The molecule has 0 atom stereocenters. The van der Waals surface area contributed by atoms with Gasteiger partial charge in [0.25, 0.3) is 5.91 Å². The Morgan fingerprint density at radius 2 is 1.83 bits per heavy atom. The van der Waals surface area contributed by atoms with Crippen LogP contribution in [-0.2, 0) is 23.0 Å². The molecule has 1 N–H and O–H groups in total. The molecule has 4 rings (SSSR count). The number of amides is 1. The first-order chi connectivity index (χ1) is 14.3. The first-order valence-electron chi connectivity index (χ1n) is 10.0. The van der Waals surface area contributed by atoms with Crippen LogP contribution in [0.4, 0.5) is 0 Å². The molecule has 2 heterocycles. The molecule has 0 bridgehead atoms. The highest BCUT2D eigenvalue weighted by Crippen LogP contribution is 2.30. The van der Waals surface area contributed by atoms with E-state index in [0.717, 1.165) is 28.6 Å². The summed E-state index contributed by atoms with van der Waals surface area (Å²) in [5.41, 5.74) is 3.73. The van der Waals surface area contributed by atoms with E-state index >= 15 is 0 Å². The Morgan fingerprint density at radius 3 is 2.50 bits per heavy atom. The molecule has 0 radical (unpaired) electrons. The lowest BCUT2D eigenvalue weighted by molar-refractivity contribution is 0.0735. The number of nitrogens with one attached hydrogen (secondary N) is 1. The van der Waals surface area contributed by atoms with Gasteiger partial charge in [0.1, 0.15) is 0 Å². The van der Waals surface area contributed by atoms with E-state index in [0.29, 0.717) is 36.8 Å². The minimum atomic E-state index is -3.54. The van der Waals surface area contributed by atoms with E-state index < -0.39 is 10.0 Å². The number of benzene rings is 2. The third-order valence-electron chi connectivity index (χ3n) is 5.67. The van der Waals surface area contributed by atoms with Crippen LogP contribution < -0.4 is 0 Å². The van der Waals surface area contributed by atoms with E-state index in [1.54, 1.807) is 30.9 Å². The van der Waals surface area contributed by atoms with Crippen molar-refractivity contribution in [2.24, 2.45) is 0 Å². The maximum absolute atomic E-state index is 13.1. The summed E-state index contributed by atoms with van der Waals surface area (Å²) in [6.45, 7) is 5.53. The van der Waals surface area contributed by atoms with Gasteiger partial charge in [-0.25, -0.2) is 8.42 Å². The summed E-state index contributed by atoms with van der Waals surface area (Å²) in [5, 5.41) is 1.70. The SMILES string of the molecule is CCN(CC)S(=O)(=O)c1ccc(C(=O)N2CCc3[nH]c4ccc(Cl)cc4c3C2)cc1. The highest BCUT2D eigenvalue weighted by molar-refractivity contribution is 7.89. The molecule has 6 nitrogen and oxygen atoms in total. The lowest BCUT2D eigenvalue weighted by Crippen LogP contribution is -2.35. The third kappa shape index (κ3) is 3.62. The van der Waals surface area contributed by atoms with Crippen molar-refractivity contribution < 1.29 is 13.2 Å². The molecule has 3 aromatic rings. The number of rotatable bonds is 5. The number of hydrogen-bond donors (Lipinski definition) is 1. The molecule has 8 heteroatoms. The molecule has 1 aromatic heterocycles. The molecule has 30 heavy (non-hydrogen) atoms. The topological polar surface area (TPSA) is 73.5 Å². The number of aromatic amines is 1. The molecule has 0 saturated heterocycles. The van der Waals surface area contributed by atoms with Crippen LogP contribution in [0.15, 0.2) is 47.4 Å². The van der Waals surface area contributed by atoms with Crippen LogP contribution in [0.25, 0.3) is 10.9 Å². The highest BCUT2D eigenvalue weighted by atomic mass is 35.5. The van der Waals surface area contributed by atoms with Gasteiger partial charge in [0.15, 0.2) is 0 Å². The number of aromatic nitrogens is 1. The summed E-state index contributed by atoms with van der Waals surface area (Å²) in [6.07, 6.45) is 0.738. The van der Waals surface area contributed by atoms with E-state index in [4.69, 9.17) is 11.6 Å². The van der Waals surface area contributed by atoms with E-state index in [1.807, 2.05) is 18.2 Å². The van der Waals surface area contributed by atoms with E-state index in [9.17, 15) is 13.2 Å². The fraction of sp³-hybridized carbons (Fsp3) is 0.318. The average molecular weight is 446 g/mol. The van der Waals surface area contributed by atoms with Crippen LogP contribution >= 0.6 is 11.6 Å². The van der Waals surface area contributed by atoms with Crippen molar-refractivity contribution in [2.45, 2.75) is 31.7 Å². The number of sulfonamides is 1. The van der Waals surface area contributed by atoms with Crippen molar-refractivity contribution >= 4 is 38.4 Å². The Balaban J connectivity index is 1.57. The number of carbonyl (C=O) groups is 1. The Hall–Kier alpha value is -2.35. The van der Waals surface area contributed by atoms with E-state index in [-0.39, 0.29) is 10.8 Å². The van der Waals surface area contributed by atoms with Gasteiger partial charge < -0.3 is 9.88 Å². The summed E-state index contributed by atoms with van der Waals surface area (Å²) < 4.78 is 26.7. The van der Waals surface area contributed by atoms with Gasteiger partial charge in [0.05, 0.1) is 4.90 Å². The van der Waals surface area contributed by atoms with Gasteiger partial charge >= 0.3 is 0 Å². The normalized spacial score (nSPS) is 14.3. The number of hydrogen-bond acceptors (Lipinski definition) is 3. The van der Waals surface area contributed by atoms with Gasteiger partial charge in [-0.15, -0.1) is 0 Å². The molecule has 2 aromatic carbocycles. The van der Waals surface area contributed by atoms with Crippen molar-refractivity contribution in [1.82, 2.24) is 14.2 Å². The average Bonchev–Trinajstić information content (AvgIpc) is 3.11. The van der Waals surface area contributed by atoms with Crippen LogP contribution in [0.2, 0.25) is 5.02 Å². The smallest absolute Gasteiger partial charge is 0.254 e. The van der Waals surface area contributed by atoms with Crippen molar-refractivity contribution in [1.29, 1.82) is 0 Å². The number of halogens is 1. The predicted octanol–water partition coefficient (Wildman–Crippen LogP) is 4.05. The van der Waals surface area contributed by atoms with Gasteiger partial charge in [-0.05, 0) is 42.5 Å². The standard InChI is InChI=1S/C22H24ClN3O3S/c1-3-26(4-2)30(28,29)17-8-5-15(6-9-17)22(27)25-12-11-21-19(14-25)18-13-16(23)7-10-20(18)24-21/h5-10,13,24H,3-4,11-12,14H2,1-2H3. The van der Waals surface area contributed by atoms with Crippen LogP contribution in [0.5, 0.6) is 0 Å². The van der Waals surface area contributed by atoms with Crippen molar-refractivity contribution in [2.75, 3.05) is 19.6 Å². The second-order valence-corrected chi connectivity index (χ2v) is 9.74. The van der Waals surface area contributed by atoms with Crippen LogP contribution in [0.1, 0.15) is 35.5 Å². The summed E-state index contributed by atoms with van der Waals surface area (Å²) in [4.78, 5) is 18.5. The maximum Gasteiger partial charge on any atom is 0.254 e. The zero-order valence-corrected chi connectivity index (χ0v) is 18.6. The lowest BCUT2D eigenvalue weighted by atomic mass is 10.0. The molecular formula is C22H24ClN3O3S. The summed E-state index contributed by atoms with van der Waals surface area (Å²) >= 11 is 6.16. The van der Waals surface area contributed by atoms with Crippen molar-refractivity contribution in [3.8, 4) is 0 Å². The highest BCUT2D eigenvalue weighted by Gasteiger charge is 2.26. The zero-order valence-electron chi connectivity index (χ0n) is 17.0. The number of H-pyrrole nitrogens is 1. The summed E-state index contributed by atoms with van der Waals surface area (Å²) in [7, 11) is -3.54. The van der Waals surface area contributed by atoms with Crippen LogP contribution in [-0.4, -0.2) is 48.1 Å². The van der Waals surface area contributed by atoms with Crippen molar-refractivity contribution in [3.63, 3.8) is 0 Å². The molecule has 0 fully saturated rings. The fourth-order valence-electron chi connectivity index (χ4n) is 4.02. The molecule has 1 aliphatic heterocycles. The number of fused-ring (bicyclic) bond motifs is 3. The Labute approximate surface area is 181 Å². The third-order valence-corrected chi connectivity index (χ3v) is 7.97. The van der Waals surface area contributed by atoms with E-state index in [1.165, 1.54) is 16.4 Å². The van der Waals surface area contributed by atoms with Gasteiger partial charge in [0.2, 0.25) is 10.0 Å². The molecule has 0 aliphatic carbocycles. The molecule has 0 saturated carbocycles. The molecule has 1 aliphatic rings. The number of carbonyl (C=O) groups excluding carboxylic acids is 1. The largest absolute Gasteiger partial charge is 0.358 e.